The summed E-state index contributed by atoms with van der Waals surface area (Å²) in [6, 6.07) is 12.8. The molecule has 0 aliphatic heterocycles. The van der Waals surface area contributed by atoms with Gasteiger partial charge in [0.05, 0.1) is 16.6 Å². The van der Waals surface area contributed by atoms with E-state index in [2.05, 4.69) is 15.0 Å². The molecule has 0 spiro atoms. The molecule has 27 heavy (non-hydrogen) atoms. The summed E-state index contributed by atoms with van der Waals surface area (Å²) in [4.78, 5) is 6.56. The Morgan fingerprint density at radius 2 is 1.85 bits per heavy atom. The third-order valence-corrected chi connectivity index (χ3v) is 4.91. The lowest BCUT2D eigenvalue weighted by atomic mass is 10.2. The standard InChI is InChI=1S/C19H18Cl3N3O2/c20-15-4-1-3-14(10-15)19-23-18(27-24-19)12-25(7-2-8-26)11-13-5-6-16(21)17(22)9-13/h1,3-6,9-10,26H,2,7-8,11-12H2. The Morgan fingerprint density at radius 1 is 1.00 bits per heavy atom. The lowest BCUT2D eigenvalue weighted by molar-refractivity contribution is 0.192. The molecule has 142 valence electrons. The summed E-state index contributed by atoms with van der Waals surface area (Å²) in [6.45, 7) is 1.85. The van der Waals surface area contributed by atoms with E-state index >= 15 is 0 Å². The van der Waals surface area contributed by atoms with Gasteiger partial charge in [0.1, 0.15) is 0 Å². The van der Waals surface area contributed by atoms with Crippen LogP contribution in [0.25, 0.3) is 11.4 Å². The quantitative estimate of drug-likeness (QED) is 0.544. The Hall–Kier alpha value is -1.63. The van der Waals surface area contributed by atoms with Gasteiger partial charge in [0.15, 0.2) is 0 Å². The highest BCUT2D eigenvalue weighted by molar-refractivity contribution is 6.42. The first-order valence-electron chi connectivity index (χ1n) is 8.41. The predicted octanol–water partition coefficient (Wildman–Crippen LogP) is 5.08. The molecule has 3 rings (SSSR count). The number of benzene rings is 2. The van der Waals surface area contributed by atoms with Gasteiger partial charge in [-0.15, -0.1) is 0 Å². The van der Waals surface area contributed by atoms with Crippen LogP contribution >= 0.6 is 34.8 Å². The highest BCUT2D eigenvalue weighted by atomic mass is 35.5. The van der Waals surface area contributed by atoms with Gasteiger partial charge in [0.2, 0.25) is 11.7 Å². The molecule has 5 nitrogen and oxygen atoms in total. The summed E-state index contributed by atoms with van der Waals surface area (Å²) in [5.41, 5.74) is 1.81. The van der Waals surface area contributed by atoms with E-state index in [9.17, 15) is 5.11 Å². The van der Waals surface area contributed by atoms with E-state index in [1.54, 1.807) is 18.2 Å². The van der Waals surface area contributed by atoms with E-state index in [-0.39, 0.29) is 6.61 Å². The summed E-state index contributed by atoms with van der Waals surface area (Å²) in [5.74, 6) is 0.979. The van der Waals surface area contributed by atoms with Crippen LogP contribution < -0.4 is 0 Å². The largest absolute Gasteiger partial charge is 0.396 e. The second-order valence-electron chi connectivity index (χ2n) is 6.06. The van der Waals surface area contributed by atoms with Crippen molar-refractivity contribution in [1.82, 2.24) is 15.0 Å². The van der Waals surface area contributed by atoms with E-state index in [0.717, 1.165) is 11.1 Å². The van der Waals surface area contributed by atoms with E-state index in [0.29, 0.717) is 52.8 Å². The van der Waals surface area contributed by atoms with Crippen LogP contribution in [0, 0.1) is 0 Å². The van der Waals surface area contributed by atoms with Crippen LogP contribution in [0.2, 0.25) is 15.1 Å². The van der Waals surface area contributed by atoms with Crippen LogP contribution in [0.4, 0.5) is 0 Å². The number of aromatic nitrogens is 2. The van der Waals surface area contributed by atoms with Crippen molar-refractivity contribution in [2.24, 2.45) is 0 Å². The number of hydrogen-bond acceptors (Lipinski definition) is 5. The molecule has 0 unspecified atom stereocenters. The molecule has 0 atom stereocenters. The monoisotopic (exact) mass is 425 g/mol. The molecule has 0 radical (unpaired) electrons. The number of aliphatic hydroxyl groups is 1. The molecule has 1 N–H and O–H groups in total. The number of aliphatic hydroxyl groups excluding tert-OH is 1. The van der Waals surface area contributed by atoms with Gasteiger partial charge < -0.3 is 9.63 Å². The summed E-state index contributed by atoms with van der Waals surface area (Å²) >= 11 is 18.1. The molecular weight excluding hydrogens is 409 g/mol. The molecule has 0 fully saturated rings. The molecule has 0 aliphatic rings. The molecule has 3 aromatic rings. The minimum Gasteiger partial charge on any atom is -0.396 e. The van der Waals surface area contributed by atoms with Crippen molar-refractivity contribution < 1.29 is 9.63 Å². The lowest BCUT2D eigenvalue weighted by Crippen LogP contribution is -2.25. The Balaban J connectivity index is 1.73. The van der Waals surface area contributed by atoms with Crippen LogP contribution in [0.1, 0.15) is 17.9 Å². The number of rotatable bonds is 8. The van der Waals surface area contributed by atoms with Crippen molar-refractivity contribution in [3.8, 4) is 11.4 Å². The van der Waals surface area contributed by atoms with Gasteiger partial charge >= 0.3 is 0 Å². The van der Waals surface area contributed by atoms with Crippen LogP contribution in [0.15, 0.2) is 47.0 Å². The molecule has 1 heterocycles. The van der Waals surface area contributed by atoms with Crippen molar-refractivity contribution in [3.05, 3.63) is 69.0 Å². The number of halogens is 3. The first kappa shape index (κ1) is 20.1. The summed E-state index contributed by atoms with van der Waals surface area (Å²) in [7, 11) is 0. The maximum Gasteiger partial charge on any atom is 0.241 e. The third-order valence-electron chi connectivity index (χ3n) is 3.93. The van der Waals surface area contributed by atoms with Gasteiger partial charge in [-0.25, -0.2) is 0 Å². The fourth-order valence-electron chi connectivity index (χ4n) is 2.66. The van der Waals surface area contributed by atoms with Gasteiger partial charge in [0.25, 0.3) is 0 Å². The second-order valence-corrected chi connectivity index (χ2v) is 7.31. The minimum absolute atomic E-state index is 0.107. The van der Waals surface area contributed by atoms with E-state index in [1.807, 2.05) is 24.3 Å². The lowest BCUT2D eigenvalue weighted by Gasteiger charge is -2.20. The van der Waals surface area contributed by atoms with Gasteiger partial charge in [-0.05, 0) is 36.2 Å². The maximum atomic E-state index is 9.18. The topological polar surface area (TPSA) is 62.4 Å². The SMILES string of the molecule is OCCCN(Cc1ccc(Cl)c(Cl)c1)Cc1nc(-c2cccc(Cl)c2)no1. The van der Waals surface area contributed by atoms with Crippen LogP contribution in [-0.2, 0) is 13.1 Å². The molecule has 0 saturated carbocycles. The van der Waals surface area contributed by atoms with E-state index in [4.69, 9.17) is 39.3 Å². The average Bonchev–Trinajstić information content (AvgIpc) is 3.11. The van der Waals surface area contributed by atoms with Crippen LogP contribution in [-0.4, -0.2) is 33.3 Å². The Morgan fingerprint density at radius 3 is 2.59 bits per heavy atom. The van der Waals surface area contributed by atoms with Crippen LogP contribution in [0.5, 0.6) is 0 Å². The average molecular weight is 427 g/mol. The number of nitrogens with zero attached hydrogens (tertiary/aromatic N) is 3. The predicted molar refractivity (Wildman–Crippen MR) is 107 cm³/mol. The van der Waals surface area contributed by atoms with Gasteiger partial charge in [-0.1, -0.05) is 58.2 Å². The van der Waals surface area contributed by atoms with Crippen molar-refractivity contribution >= 4 is 34.8 Å². The Kier molecular flexibility index (Phi) is 7.10. The van der Waals surface area contributed by atoms with Crippen molar-refractivity contribution in [2.45, 2.75) is 19.5 Å². The van der Waals surface area contributed by atoms with E-state index < -0.39 is 0 Å². The number of hydrogen-bond donors (Lipinski definition) is 1. The summed E-state index contributed by atoms with van der Waals surface area (Å²) < 4.78 is 5.39. The first-order valence-corrected chi connectivity index (χ1v) is 9.54. The molecule has 2 aromatic carbocycles. The van der Waals surface area contributed by atoms with Gasteiger partial charge in [-0.3, -0.25) is 4.90 Å². The molecular formula is C19H18Cl3N3O2. The Bertz CT molecular complexity index is 901. The third kappa shape index (κ3) is 5.67. The highest BCUT2D eigenvalue weighted by Gasteiger charge is 2.14. The molecule has 0 aliphatic carbocycles. The fraction of sp³-hybridized carbons (Fsp3) is 0.263. The normalized spacial score (nSPS) is 11.3. The molecule has 0 bridgehead atoms. The van der Waals surface area contributed by atoms with Crippen LogP contribution in [0.3, 0.4) is 0 Å². The van der Waals surface area contributed by atoms with Gasteiger partial charge in [0, 0.05) is 30.3 Å². The highest BCUT2D eigenvalue weighted by Crippen LogP contribution is 2.24. The van der Waals surface area contributed by atoms with E-state index in [1.165, 1.54) is 0 Å². The van der Waals surface area contributed by atoms with Crippen molar-refractivity contribution in [3.63, 3.8) is 0 Å². The van der Waals surface area contributed by atoms with Crippen molar-refractivity contribution in [1.29, 1.82) is 0 Å². The fourth-order valence-corrected chi connectivity index (χ4v) is 3.17. The minimum atomic E-state index is 0.107. The zero-order valence-electron chi connectivity index (χ0n) is 14.4. The van der Waals surface area contributed by atoms with Gasteiger partial charge in [-0.2, -0.15) is 4.98 Å². The Labute approximate surface area is 172 Å². The van der Waals surface area contributed by atoms with Crippen molar-refractivity contribution in [2.75, 3.05) is 13.2 Å². The zero-order valence-corrected chi connectivity index (χ0v) is 16.7. The molecule has 0 amide bonds. The zero-order chi connectivity index (χ0) is 19.2. The first-order chi connectivity index (χ1) is 13.0. The molecule has 0 saturated heterocycles. The maximum absolute atomic E-state index is 9.18. The summed E-state index contributed by atoms with van der Waals surface area (Å²) in [5, 5.41) is 14.9. The molecule has 8 heteroatoms. The molecule has 1 aromatic heterocycles. The summed E-state index contributed by atoms with van der Waals surface area (Å²) in [6.07, 6.45) is 0.636. The second kappa shape index (κ2) is 9.53. The smallest absolute Gasteiger partial charge is 0.241 e.